The number of aliphatic hydroxyl groups is 2. The highest BCUT2D eigenvalue weighted by molar-refractivity contribution is 4.53. The number of hydrogen-bond donors (Lipinski definition) is 2. The fraction of sp³-hybridized carbons (Fsp3) is 1.00. The van der Waals surface area contributed by atoms with Gasteiger partial charge in [0.1, 0.15) is 26.2 Å². The van der Waals surface area contributed by atoms with Crippen molar-refractivity contribution in [2.75, 3.05) is 65.8 Å². The fourth-order valence-electron chi connectivity index (χ4n) is 7.32. The van der Waals surface area contributed by atoms with Crippen molar-refractivity contribution in [2.24, 2.45) is 0 Å². The molecule has 0 saturated carbocycles. The van der Waals surface area contributed by atoms with Crippen LogP contribution in [0, 0.1) is 0 Å². The van der Waals surface area contributed by atoms with Gasteiger partial charge in [-0.3, -0.25) is 0 Å². The first-order valence-corrected chi connectivity index (χ1v) is 22.5. The maximum absolute atomic E-state index is 9.77. The Morgan fingerprint density at radius 3 is 0.735 bits per heavy atom. The van der Waals surface area contributed by atoms with Crippen molar-refractivity contribution in [1.29, 1.82) is 0 Å². The highest BCUT2D eigenvalue weighted by atomic mass is 16.5. The normalized spacial score (nSPS) is 12.0. The third kappa shape index (κ3) is 37.4. The van der Waals surface area contributed by atoms with Gasteiger partial charge in [0, 0.05) is 13.2 Å². The van der Waals surface area contributed by atoms with E-state index in [-0.39, 0.29) is 13.2 Å². The van der Waals surface area contributed by atoms with Gasteiger partial charge in [-0.25, -0.2) is 0 Å². The number of aliphatic hydroxyl groups excluding tert-OH is 2. The van der Waals surface area contributed by atoms with Crippen molar-refractivity contribution in [3.8, 4) is 0 Å². The van der Waals surface area contributed by atoms with Crippen LogP contribution in [0.5, 0.6) is 0 Å². The van der Waals surface area contributed by atoms with Gasteiger partial charge in [-0.2, -0.15) is 0 Å². The molecule has 0 spiro atoms. The molecule has 0 heterocycles. The summed E-state index contributed by atoms with van der Waals surface area (Å²) in [5.41, 5.74) is 0. The van der Waals surface area contributed by atoms with Crippen LogP contribution in [0.15, 0.2) is 0 Å². The van der Waals surface area contributed by atoms with Gasteiger partial charge in [0.2, 0.25) is 0 Å². The second kappa shape index (κ2) is 42.2. The van der Waals surface area contributed by atoms with E-state index in [9.17, 15) is 10.2 Å². The molecule has 0 atom stereocenters. The summed E-state index contributed by atoms with van der Waals surface area (Å²) in [5, 5.41) is 19.5. The lowest BCUT2D eigenvalue weighted by Crippen LogP contribution is -2.55. The molecule has 0 saturated heterocycles. The van der Waals surface area contributed by atoms with E-state index in [1.807, 2.05) is 0 Å². The summed E-state index contributed by atoms with van der Waals surface area (Å²) in [6.45, 7) is 10.9. The second-order valence-electron chi connectivity index (χ2n) is 15.5. The quantitative estimate of drug-likeness (QED) is 0.0491. The summed E-state index contributed by atoms with van der Waals surface area (Å²) in [5.74, 6) is 0. The minimum Gasteiger partial charge on any atom is -0.391 e. The monoisotopic (exact) mass is 699 g/mol. The van der Waals surface area contributed by atoms with Crippen LogP contribution in [0.1, 0.15) is 219 Å². The lowest BCUT2D eigenvalue weighted by molar-refractivity contribution is -0.929. The molecule has 5 nitrogen and oxygen atoms in total. The third-order valence-corrected chi connectivity index (χ3v) is 10.9. The van der Waals surface area contributed by atoms with Crippen molar-refractivity contribution < 1.29 is 24.2 Å². The lowest BCUT2D eigenvalue weighted by atomic mass is 10.0. The molecule has 0 aliphatic heterocycles. The van der Waals surface area contributed by atoms with Crippen LogP contribution in [0.4, 0.5) is 0 Å². The molecule has 0 aliphatic carbocycles. The van der Waals surface area contributed by atoms with E-state index in [0.29, 0.717) is 30.8 Å². The van der Waals surface area contributed by atoms with Crippen LogP contribution in [0.3, 0.4) is 0 Å². The summed E-state index contributed by atoms with van der Waals surface area (Å²) in [7, 11) is 0. The predicted molar refractivity (Wildman–Crippen MR) is 215 cm³/mol. The molecule has 0 bridgehead atoms. The zero-order valence-corrected chi connectivity index (χ0v) is 33.9. The molecular formula is C44H92NO4+. The first-order chi connectivity index (χ1) is 24.2. The molecule has 0 radical (unpaired) electrons. The predicted octanol–water partition coefficient (Wildman–Crippen LogP) is 12.3. The van der Waals surface area contributed by atoms with Crippen molar-refractivity contribution >= 4 is 0 Å². The second-order valence-corrected chi connectivity index (χ2v) is 15.5. The highest BCUT2D eigenvalue weighted by Gasteiger charge is 2.26. The van der Waals surface area contributed by atoms with Crippen LogP contribution in [-0.2, 0) is 9.47 Å². The zero-order chi connectivity index (χ0) is 35.6. The minimum atomic E-state index is 0.137. The third-order valence-electron chi connectivity index (χ3n) is 10.9. The van der Waals surface area contributed by atoms with Crippen molar-refractivity contribution in [3.05, 3.63) is 0 Å². The van der Waals surface area contributed by atoms with Gasteiger partial charge in [-0.05, 0) is 12.8 Å². The Kier molecular flexibility index (Phi) is 42.0. The van der Waals surface area contributed by atoms with E-state index < -0.39 is 0 Å². The van der Waals surface area contributed by atoms with E-state index in [2.05, 4.69) is 13.8 Å². The Bertz CT molecular complexity index is 539. The smallest absolute Gasteiger partial charge is 0.103 e. The molecule has 296 valence electrons. The first-order valence-electron chi connectivity index (χ1n) is 22.5. The molecule has 5 heteroatoms. The fourth-order valence-corrected chi connectivity index (χ4v) is 7.32. The minimum absolute atomic E-state index is 0.137. The summed E-state index contributed by atoms with van der Waals surface area (Å²) < 4.78 is 12.7. The Morgan fingerprint density at radius 1 is 0.286 bits per heavy atom. The van der Waals surface area contributed by atoms with Crippen LogP contribution in [0.2, 0.25) is 0 Å². The molecule has 0 aliphatic rings. The molecule has 0 rings (SSSR count). The van der Waals surface area contributed by atoms with E-state index in [1.165, 1.54) is 193 Å². The summed E-state index contributed by atoms with van der Waals surface area (Å²) in [6, 6.07) is 0. The van der Waals surface area contributed by atoms with Crippen molar-refractivity contribution in [3.63, 3.8) is 0 Å². The van der Waals surface area contributed by atoms with Gasteiger partial charge in [0.15, 0.2) is 0 Å². The summed E-state index contributed by atoms with van der Waals surface area (Å²) >= 11 is 0. The van der Waals surface area contributed by atoms with Crippen molar-refractivity contribution in [2.45, 2.75) is 219 Å². The van der Waals surface area contributed by atoms with Crippen LogP contribution in [0.25, 0.3) is 0 Å². The van der Waals surface area contributed by atoms with Gasteiger partial charge in [-0.15, -0.1) is 0 Å². The summed E-state index contributed by atoms with van der Waals surface area (Å²) in [6.07, 6.45) is 44.3. The molecule has 49 heavy (non-hydrogen) atoms. The Labute approximate surface area is 308 Å². The van der Waals surface area contributed by atoms with Gasteiger partial charge < -0.3 is 24.2 Å². The SMILES string of the molecule is CCCCCCCCCCCCCCCCCCOCC[N+](CCO)(CCO)CCOCCCCCCCCCCCCCCCCCC. The lowest BCUT2D eigenvalue weighted by Gasteiger charge is -2.37. The van der Waals surface area contributed by atoms with Crippen LogP contribution in [-0.4, -0.2) is 80.5 Å². The molecule has 0 fully saturated rings. The number of hydrogen-bond acceptors (Lipinski definition) is 4. The van der Waals surface area contributed by atoms with E-state index in [4.69, 9.17) is 9.47 Å². The average Bonchev–Trinajstić information content (AvgIpc) is 3.10. The maximum Gasteiger partial charge on any atom is 0.103 e. The standard InChI is InChI=1S/C44H92NO4/c1-3-5-7-9-11-13-15-17-19-21-23-25-27-29-31-33-41-48-43-37-45(35-39-46,36-40-47)38-44-49-42-34-32-30-28-26-24-22-20-18-16-14-12-10-8-6-4-2/h46-47H,3-44H2,1-2H3/q+1. The van der Waals surface area contributed by atoms with E-state index >= 15 is 0 Å². The molecular weight excluding hydrogens is 606 g/mol. The number of nitrogens with zero attached hydrogens (tertiary/aromatic N) is 1. The molecule has 0 unspecified atom stereocenters. The Morgan fingerprint density at radius 2 is 0.510 bits per heavy atom. The van der Waals surface area contributed by atoms with E-state index in [0.717, 1.165) is 39.1 Å². The molecule has 0 amide bonds. The van der Waals surface area contributed by atoms with E-state index in [1.54, 1.807) is 0 Å². The first kappa shape index (κ1) is 48.8. The molecule has 2 N–H and O–H groups in total. The zero-order valence-electron chi connectivity index (χ0n) is 33.9. The van der Waals surface area contributed by atoms with Crippen LogP contribution >= 0.6 is 0 Å². The largest absolute Gasteiger partial charge is 0.391 e. The Balaban J connectivity index is 3.65. The average molecular weight is 699 g/mol. The maximum atomic E-state index is 9.77. The van der Waals surface area contributed by atoms with Gasteiger partial charge >= 0.3 is 0 Å². The Hall–Kier alpha value is -0.200. The number of ether oxygens (including phenoxy) is 2. The number of quaternary nitrogens is 1. The topological polar surface area (TPSA) is 58.9 Å². The molecule has 0 aromatic rings. The molecule has 0 aromatic carbocycles. The van der Waals surface area contributed by atoms with Gasteiger partial charge in [-0.1, -0.05) is 206 Å². The summed E-state index contributed by atoms with van der Waals surface area (Å²) in [4.78, 5) is 0. The number of unbranched alkanes of at least 4 members (excludes halogenated alkanes) is 30. The van der Waals surface area contributed by atoms with Crippen molar-refractivity contribution in [1.82, 2.24) is 0 Å². The van der Waals surface area contributed by atoms with Gasteiger partial charge in [0.25, 0.3) is 0 Å². The number of rotatable bonds is 44. The highest BCUT2D eigenvalue weighted by Crippen LogP contribution is 2.16. The van der Waals surface area contributed by atoms with Gasteiger partial charge in [0.05, 0.1) is 26.4 Å². The molecule has 0 aromatic heterocycles. The van der Waals surface area contributed by atoms with Crippen LogP contribution < -0.4 is 0 Å².